The van der Waals surface area contributed by atoms with Gasteiger partial charge in [-0.15, -0.1) is 0 Å². The largest absolute Gasteiger partial charge is 0.496 e. The minimum absolute atomic E-state index is 0.00772. The average Bonchev–Trinajstić information content (AvgIpc) is 2.27. The molecule has 0 saturated heterocycles. The summed E-state index contributed by atoms with van der Waals surface area (Å²) in [5.74, 6) is -1.09. The molecule has 90 valence electrons. The molecule has 1 aromatic carbocycles. The van der Waals surface area contributed by atoms with Crippen LogP contribution in [0.3, 0.4) is 0 Å². The van der Waals surface area contributed by atoms with E-state index < -0.39 is 23.0 Å². The summed E-state index contributed by atoms with van der Waals surface area (Å²) < 4.78 is 4.85. The monoisotopic (exact) mass is 239 g/mol. The van der Waals surface area contributed by atoms with Gasteiger partial charge in [0.25, 0.3) is 5.69 Å². The molecule has 0 aliphatic rings. The third-order valence-electron chi connectivity index (χ3n) is 2.10. The van der Waals surface area contributed by atoms with Crippen LogP contribution in [0.2, 0.25) is 0 Å². The second-order valence-electron chi connectivity index (χ2n) is 3.17. The molecule has 0 aliphatic carbocycles. The zero-order valence-corrected chi connectivity index (χ0v) is 8.87. The standard InChI is InChI=1S/C10H9NO6/c1-17-9-3-6(4-10(13)14)8(11(15)16)2-7(9)5-12/h2-3,5H,4H2,1H3,(H,13,14). The van der Waals surface area contributed by atoms with E-state index in [4.69, 9.17) is 9.84 Å². The van der Waals surface area contributed by atoms with Gasteiger partial charge in [-0.2, -0.15) is 0 Å². The number of rotatable bonds is 5. The number of ether oxygens (including phenoxy) is 1. The van der Waals surface area contributed by atoms with Crippen molar-refractivity contribution in [1.82, 2.24) is 0 Å². The fourth-order valence-electron chi connectivity index (χ4n) is 1.37. The summed E-state index contributed by atoms with van der Waals surface area (Å²) in [6, 6.07) is 2.19. The van der Waals surface area contributed by atoms with Crippen LogP contribution in [0, 0.1) is 10.1 Å². The smallest absolute Gasteiger partial charge is 0.308 e. The SMILES string of the molecule is COc1cc(CC(=O)O)c([N+](=O)[O-])cc1C=O. The molecule has 17 heavy (non-hydrogen) atoms. The first-order valence-corrected chi connectivity index (χ1v) is 4.52. The van der Waals surface area contributed by atoms with Crippen LogP contribution in [0.15, 0.2) is 12.1 Å². The fourth-order valence-corrected chi connectivity index (χ4v) is 1.37. The van der Waals surface area contributed by atoms with E-state index in [1.54, 1.807) is 0 Å². The quantitative estimate of drug-likeness (QED) is 0.467. The number of benzene rings is 1. The molecular formula is C10H9NO6. The zero-order valence-electron chi connectivity index (χ0n) is 8.87. The molecule has 1 rings (SSSR count). The molecule has 0 amide bonds. The Hall–Kier alpha value is -2.44. The molecule has 0 unspecified atom stereocenters. The van der Waals surface area contributed by atoms with Gasteiger partial charge in [0, 0.05) is 11.6 Å². The number of carboxylic acids is 1. The molecule has 0 atom stereocenters. The van der Waals surface area contributed by atoms with Crippen molar-refractivity contribution >= 4 is 17.9 Å². The Morgan fingerprint density at radius 2 is 2.24 bits per heavy atom. The van der Waals surface area contributed by atoms with Crippen molar-refractivity contribution in [2.45, 2.75) is 6.42 Å². The number of carbonyl (C=O) groups is 2. The van der Waals surface area contributed by atoms with Crippen LogP contribution in [0.5, 0.6) is 5.75 Å². The minimum Gasteiger partial charge on any atom is -0.496 e. The highest BCUT2D eigenvalue weighted by Crippen LogP contribution is 2.28. The molecule has 0 aromatic heterocycles. The first-order chi connectivity index (χ1) is 7.99. The summed E-state index contributed by atoms with van der Waals surface area (Å²) in [5, 5.41) is 19.4. The van der Waals surface area contributed by atoms with Crippen LogP contribution in [0.4, 0.5) is 5.69 Å². The van der Waals surface area contributed by atoms with Crippen molar-refractivity contribution in [2.24, 2.45) is 0 Å². The minimum atomic E-state index is -1.20. The second-order valence-corrected chi connectivity index (χ2v) is 3.17. The molecule has 0 heterocycles. The summed E-state index contributed by atoms with van der Waals surface area (Å²) >= 11 is 0. The fraction of sp³-hybridized carbons (Fsp3) is 0.200. The number of hydrogen-bond donors (Lipinski definition) is 1. The lowest BCUT2D eigenvalue weighted by atomic mass is 10.1. The molecule has 1 N–H and O–H groups in total. The summed E-state index contributed by atoms with van der Waals surface area (Å²) in [6.45, 7) is 0. The highest BCUT2D eigenvalue weighted by molar-refractivity contribution is 5.82. The van der Waals surface area contributed by atoms with E-state index in [2.05, 4.69) is 0 Å². The van der Waals surface area contributed by atoms with E-state index in [1.807, 2.05) is 0 Å². The zero-order chi connectivity index (χ0) is 13.0. The lowest BCUT2D eigenvalue weighted by Gasteiger charge is -2.06. The van der Waals surface area contributed by atoms with Crippen molar-refractivity contribution in [3.63, 3.8) is 0 Å². The molecule has 7 heteroatoms. The van der Waals surface area contributed by atoms with Crippen molar-refractivity contribution in [1.29, 1.82) is 0 Å². The van der Waals surface area contributed by atoms with Gasteiger partial charge in [-0.05, 0) is 6.07 Å². The lowest BCUT2D eigenvalue weighted by Crippen LogP contribution is -2.05. The van der Waals surface area contributed by atoms with E-state index in [0.717, 1.165) is 6.07 Å². The molecule has 0 aliphatic heterocycles. The van der Waals surface area contributed by atoms with E-state index in [9.17, 15) is 19.7 Å². The van der Waals surface area contributed by atoms with Gasteiger partial charge in [-0.1, -0.05) is 0 Å². The first-order valence-electron chi connectivity index (χ1n) is 4.52. The number of carbonyl (C=O) groups excluding carboxylic acids is 1. The first kappa shape index (κ1) is 12.6. The third-order valence-corrected chi connectivity index (χ3v) is 2.10. The molecular weight excluding hydrogens is 230 g/mol. The topological polar surface area (TPSA) is 107 Å². The Morgan fingerprint density at radius 3 is 2.65 bits per heavy atom. The van der Waals surface area contributed by atoms with Gasteiger partial charge >= 0.3 is 5.97 Å². The maximum atomic E-state index is 10.7. The highest BCUT2D eigenvalue weighted by atomic mass is 16.6. The van der Waals surface area contributed by atoms with Gasteiger partial charge in [-0.3, -0.25) is 19.7 Å². The van der Waals surface area contributed by atoms with E-state index in [0.29, 0.717) is 6.29 Å². The van der Waals surface area contributed by atoms with Crippen LogP contribution in [-0.2, 0) is 11.2 Å². The number of nitrogens with zero attached hydrogens (tertiary/aromatic N) is 1. The van der Waals surface area contributed by atoms with E-state index in [1.165, 1.54) is 13.2 Å². The van der Waals surface area contributed by atoms with Crippen LogP contribution in [0.1, 0.15) is 15.9 Å². The molecule has 7 nitrogen and oxygen atoms in total. The number of aliphatic carboxylic acids is 1. The Bertz CT molecular complexity index is 482. The summed E-state index contributed by atoms with van der Waals surface area (Å²) in [4.78, 5) is 31.2. The Morgan fingerprint density at radius 1 is 1.59 bits per heavy atom. The maximum absolute atomic E-state index is 10.7. The summed E-state index contributed by atoms with van der Waals surface area (Å²) in [7, 11) is 1.29. The molecule has 1 aromatic rings. The number of hydrogen-bond acceptors (Lipinski definition) is 5. The van der Waals surface area contributed by atoms with Gasteiger partial charge in [0.15, 0.2) is 6.29 Å². The van der Waals surface area contributed by atoms with Gasteiger partial charge < -0.3 is 9.84 Å². The third kappa shape index (κ3) is 2.77. The number of nitro benzene ring substituents is 1. The molecule has 0 fully saturated rings. The van der Waals surface area contributed by atoms with Gasteiger partial charge in [0.2, 0.25) is 0 Å². The summed E-state index contributed by atoms with van der Waals surface area (Å²) in [5.41, 5.74) is -0.409. The van der Waals surface area contributed by atoms with Crippen molar-refractivity contribution in [2.75, 3.05) is 7.11 Å². The van der Waals surface area contributed by atoms with Crippen LogP contribution in [0.25, 0.3) is 0 Å². The number of methoxy groups -OCH3 is 1. The maximum Gasteiger partial charge on any atom is 0.308 e. The van der Waals surface area contributed by atoms with Crippen LogP contribution >= 0.6 is 0 Å². The van der Waals surface area contributed by atoms with Gasteiger partial charge in [0.05, 0.1) is 24.0 Å². The normalized spacial score (nSPS) is 9.71. The molecule has 0 bridgehead atoms. The number of aldehydes is 1. The van der Waals surface area contributed by atoms with Gasteiger partial charge in [-0.25, -0.2) is 0 Å². The number of carboxylic acid groups (broad SMARTS) is 1. The molecule has 0 spiro atoms. The van der Waals surface area contributed by atoms with Crippen LogP contribution in [-0.4, -0.2) is 29.4 Å². The highest BCUT2D eigenvalue weighted by Gasteiger charge is 2.20. The summed E-state index contributed by atoms with van der Waals surface area (Å²) in [6.07, 6.45) is -0.0950. The van der Waals surface area contributed by atoms with Gasteiger partial charge in [0.1, 0.15) is 5.75 Å². The predicted molar refractivity (Wildman–Crippen MR) is 56.4 cm³/mol. The Kier molecular flexibility index (Phi) is 3.76. The predicted octanol–water partition coefficient (Wildman–Crippen LogP) is 1.04. The van der Waals surface area contributed by atoms with E-state index >= 15 is 0 Å². The molecule has 0 saturated carbocycles. The molecule has 0 radical (unpaired) electrons. The number of nitro groups is 1. The Balaban J connectivity index is 3.39. The van der Waals surface area contributed by atoms with Crippen molar-refractivity contribution in [3.8, 4) is 5.75 Å². The van der Waals surface area contributed by atoms with Crippen molar-refractivity contribution in [3.05, 3.63) is 33.4 Å². The second kappa shape index (κ2) is 5.06. The average molecular weight is 239 g/mol. The Labute approximate surface area is 95.8 Å². The lowest BCUT2D eigenvalue weighted by molar-refractivity contribution is -0.385. The van der Waals surface area contributed by atoms with Crippen molar-refractivity contribution < 1.29 is 24.4 Å². The van der Waals surface area contributed by atoms with Crippen LogP contribution < -0.4 is 4.74 Å². The van der Waals surface area contributed by atoms with E-state index in [-0.39, 0.29) is 16.9 Å².